The molecule has 1 aliphatic carbocycles. The topological polar surface area (TPSA) is 16.1 Å². The number of hydrogen-bond acceptors (Lipinski definition) is 2. The minimum atomic E-state index is 0.653. The average Bonchev–Trinajstić information content (AvgIpc) is 2.38. The van der Waals surface area contributed by atoms with Crippen molar-refractivity contribution in [2.45, 2.75) is 50.9 Å². The van der Waals surface area contributed by atoms with Gasteiger partial charge in [-0.05, 0) is 36.8 Å². The number of nitrogens with zero attached hydrogens (tertiary/aromatic N) is 2. The Morgan fingerprint density at radius 1 is 1.39 bits per heavy atom. The summed E-state index contributed by atoms with van der Waals surface area (Å²) in [6.45, 7) is 4.54. The van der Waals surface area contributed by atoms with Gasteiger partial charge < -0.3 is 4.90 Å². The predicted octanol–water partition coefficient (Wildman–Crippen LogP) is 4.30. The summed E-state index contributed by atoms with van der Waals surface area (Å²) in [5.41, 5.74) is 2.54. The number of alkyl halides is 1. The van der Waals surface area contributed by atoms with Crippen LogP contribution in [0.15, 0.2) is 12.3 Å². The highest BCUT2D eigenvalue weighted by molar-refractivity contribution is 9.08. The lowest BCUT2D eigenvalue weighted by Gasteiger charge is -2.37. The van der Waals surface area contributed by atoms with Crippen molar-refractivity contribution in [2.24, 2.45) is 5.92 Å². The van der Waals surface area contributed by atoms with Crippen LogP contribution >= 0.6 is 15.9 Å². The number of aryl methyl sites for hydroxylation is 1. The van der Waals surface area contributed by atoms with E-state index < -0.39 is 0 Å². The monoisotopic (exact) mass is 310 g/mol. The standard InChI is InChI=1S/C15H23BrN2/c1-11-6-4-5-7-14(11)18(3)15-12(2)8-13(9-16)10-17-15/h8,10-11,14H,4-7,9H2,1-3H3. The molecule has 0 bridgehead atoms. The molecule has 2 nitrogen and oxygen atoms in total. The van der Waals surface area contributed by atoms with Crippen molar-refractivity contribution in [3.63, 3.8) is 0 Å². The Kier molecular flexibility index (Phi) is 4.66. The first-order valence-corrected chi connectivity index (χ1v) is 8.00. The lowest BCUT2D eigenvalue weighted by atomic mass is 9.85. The van der Waals surface area contributed by atoms with E-state index in [1.165, 1.54) is 36.8 Å². The normalized spacial score (nSPS) is 24.0. The van der Waals surface area contributed by atoms with Crippen LogP contribution in [0.4, 0.5) is 5.82 Å². The quantitative estimate of drug-likeness (QED) is 0.774. The second kappa shape index (κ2) is 6.05. The molecule has 0 aliphatic heterocycles. The van der Waals surface area contributed by atoms with E-state index >= 15 is 0 Å². The van der Waals surface area contributed by atoms with Crippen LogP contribution in [0.1, 0.15) is 43.7 Å². The molecule has 1 heterocycles. The summed E-state index contributed by atoms with van der Waals surface area (Å²) in [7, 11) is 2.20. The second-order valence-corrected chi connectivity index (χ2v) is 6.12. The Hall–Kier alpha value is -0.570. The van der Waals surface area contributed by atoms with E-state index in [2.05, 4.69) is 52.8 Å². The fraction of sp³-hybridized carbons (Fsp3) is 0.667. The molecule has 1 aromatic heterocycles. The third-order valence-electron chi connectivity index (χ3n) is 4.16. The number of hydrogen-bond donors (Lipinski definition) is 0. The van der Waals surface area contributed by atoms with Crippen LogP contribution < -0.4 is 4.90 Å². The Bertz CT molecular complexity index is 405. The number of halogens is 1. The van der Waals surface area contributed by atoms with Gasteiger partial charge in [-0.2, -0.15) is 0 Å². The third kappa shape index (κ3) is 2.87. The maximum Gasteiger partial charge on any atom is 0.131 e. The van der Waals surface area contributed by atoms with E-state index in [1.54, 1.807) is 0 Å². The largest absolute Gasteiger partial charge is 0.356 e. The van der Waals surface area contributed by atoms with Crippen molar-refractivity contribution in [1.82, 2.24) is 4.98 Å². The van der Waals surface area contributed by atoms with E-state index in [0.29, 0.717) is 6.04 Å². The lowest BCUT2D eigenvalue weighted by Crippen LogP contribution is -2.39. The minimum absolute atomic E-state index is 0.653. The molecule has 1 fully saturated rings. The first-order valence-electron chi connectivity index (χ1n) is 6.87. The number of anilines is 1. The molecule has 0 aromatic carbocycles. The first kappa shape index (κ1) is 13.9. The Morgan fingerprint density at radius 3 is 2.72 bits per heavy atom. The summed E-state index contributed by atoms with van der Waals surface area (Å²) in [4.78, 5) is 7.05. The van der Waals surface area contributed by atoms with Crippen LogP contribution in [0, 0.1) is 12.8 Å². The van der Waals surface area contributed by atoms with Crippen molar-refractivity contribution in [2.75, 3.05) is 11.9 Å². The molecule has 100 valence electrons. The minimum Gasteiger partial charge on any atom is -0.356 e. The molecule has 2 atom stereocenters. The van der Waals surface area contributed by atoms with E-state index in [0.717, 1.165) is 17.1 Å². The van der Waals surface area contributed by atoms with E-state index in [4.69, 9.17) is 0 Å². The highest BCUT2D eigenvalue weighted by Crippen LogP contribution is 2.31. The molecule has 1 saturated carbocycles. The van der Waals surface area contributed by atoms with Crippen molar-refractivity contribution < 1.29 is 0 Å². The van der Waals surface area contributed by atoms with Gasteiger partial charge in [-0.25, -0.2) is 4.98 Å². The second-order valence-electron chi connectivity index (χ2n) is 5.56. The predicted molar refractivity (Wildman–Crippen MR) is 81.4 cm³/mol. The Morgan fingerprint density at radius 2 is 2.11 bits per heavy atom. The molecule has 0 N–H and O–H groups in total. The SMILES string of the molecule is Cc1cc(CBr)cnc1N(C)C1CCCCC1C. The summed E-state index contributed by atoms with van der Waals surface area (Å²) >= 11 is 3.49. The van der Waals surface area contributed by atoms with Crippen LogP contribution in [-0.2, 0) is 5.33 Å². The maximum absolute atomic E-state index is 4.65. The zero-order chi connectivity index (χ0) is 13.1. The van der Waals surface area contributed by atoms with Crippen LogP contribution in [0.2, 0.25) is 0 Å². The van der Waals surface area contributed by atoms with Crippen LogP contribution in [0.25, 0.3) is 0 Å². The third-order valence-corrected chi connectivity index (χ3v) is 4.81. The summed E-state index contributed by atoms with van der Waals surface area (Å²) in [5, 5.41) is 0.880. The van der Waals surface area contributed by atoms with Gasteiger partial charge in [-0.15, -0.1) is 0 Å². The van der Waals surface area contributed by atoms with Gasteiger partial charge >= 0.3 is 0 Å². The van der Waals surface area contributed by atoms with Gasteiger partial charge in [0.1, 0.15) is 5.82 Å². The van der Waals surface area contributed by atoms with Crippen molar-refractivity contribution >= 4 is 21.7 Å². The fourth-order valence-corrected chi connectivity index (χ4v) is 3.40. The highest BCUT2D eigenvalue weighted by atomic mass is 79.9. The number of rotatable bonds is 3. The van der Waals surface area contributed by atoms with Gasteiger partial charge in [-0.1, -0.05) is 41.8 Å². The summed E-state index contributed by atoms with van der Waals surface area (Å²) in [6.07, 6.45) is 7.39. The van der Waals surface area contributed by atoms with Gasteiger partial charge in [0.2, 0.25) is 0 Å². The average molecular weight is 311 g/mol. The molecule has 0 amide bonds. The smallest absolute Gasteiger partial charge is 0.131 e. The molecule has 0 saturated heterocycles. The lowest BCUT2D eigenvalue weighted by molar-refractivity contribution is 0.320. The van der Waals surface area contributed by atoms with Gasteiger partial charge in [0.15, 0.2) is 0 Å². The summed E-state index contributed by atoms with van der Waals surface area (Å²) in [6, 6.07) is 2.89. The van der Waals surface area contributed by atoms with Gasteiger partial charge in [0, 0.05) is 24.6 Å². The van der Waals surface area contributed by atoms with Crippen molar-refractivity contribution in [1.29, 1.82) is 0 Å². The van der Waals surface area contributed by atoms with Gasteiger partial charge in [0.25, 0.3) is 0 Å². The molecule has 0 spiro atoms. The molecule has 2 rings (SSSR count). The van der Waals surface area contributed by atoms with Gasteiger partial charge in [-0.3, -0.25) is 0 Å². The molecule has 2 unspecified atom stereocenters. The van der Waals surface area contributed by atoms with Gasteiger partial charge in [0.05, 0.1) is 0 Å². The van der Waals surface area contributed by atoms with Crippen LogP contribution in [0.5, 0.6) is 0 Å². The van der Waals surface area contributed by atoms with E-state index in [9.17, 15) is 0 Å². The van der Waals surface area contributed by atoms with Crippen LogP contribution in [-0.4, -0.2) is 18.1 Å². The highest BCUT2D eigenvalue weighted by Gasteiger charge is 2.26. The van der Waals surface area contributed by atoms with Crippen molar-refractivity contribution in [3.05, 3.63) is 23.4 Å². The fourth-order valence-electron chi connectivity index (χ4n) is 3.10. The summed E-state index contributed by atoms with van der Waals surface area (Å²) in [5.74, 6) is 1.93. The molecular weight excluding hydrogens is 288 g/mol. The molecule has 1 aromatic rings. The molecule has 3 heteroatoms. The number of pyridine rings is 1. The molecule has 1 aliphatic rings. The van der Waals surface area contributed by atoms with E-state index in [-0.39, 0.29) is 0 Å². The zero-order valence-electron chi connectivity index (χ0n) is 11.6. The van der Waals surface area contributed by atoms with E-state index in [1.807, 2.05) is 6.20 Å². The Labute approximate surface area is 119 Å². The number of aromatic nitrogens is 1. The Balaban J connectivity index is 2.19. The molecular formula is C15H23BrN2. The van der Waals surface area contributed by atoms with Crippen LogP contribution in [0.3, 0.4) is 0 Å². The molecule has 0 radical (unpaired) electrons. The van der Waals surface area contributed by atoms with Crippen molar-refractivity contribution in [3.8, 4) is 0 Å². The first-order chi connectivity index (χ1) is 8.63. The zero-order valence-corrected chi connectivity index (χ0v) is 13.2. The maximum atomic E-state index is 4.65. The molecule has 18 heavy (non-hydrogen) atoms. The summed E-state index contributed by atoms with van der Waals surface area (Å²) < 4.78 is 0.